The van der Waals surface area contributed by atoms with Crippen LogP contribution in [-0.4, -0.2) is 22.0 Å². The predicted molar refractivity (Wildman–Crippen MR) is 125 cm³/mol. The van der Waals surface area contributed by atoms with Crippen LogP contribution in [-0.2, 0) is 28.9 Å². The number of alkyl halides is 3. The van der Waals surface area contributed by atoms with Gasteiger partial charge in [-0.3, -0.25) is 9.59 Å². The Labute approximate surface area is 217 Å². The maximum atomic E-state index is 15.3. The largest absolute Gasteiger partial charge is 0.417 e. The molecule has 1 saturated carbocycles. The number of benzene rings is 2. The van der Waals surface area contributed by atoms with Crippen molar-refractivity contribution in [1.82, 2.24) is 15.3 Å². The number of hydrogen-bond acceptors (Lipinski definition) is 4. The van der Waals surface area contributed by atoms with Crippen molar-refractivity contribution in [2.45, 2.75) is 45.2 Å². The van der Waals surface area contributed by atoms with Gasteiger partial charge in [-0.1, -0.05) is 23.7 Å². The van der Waals surface area contributed by atoms with E-state index in [0.29, 0.717) is 24.5 Å². The Morgan fingerprint density at radius 2 is 1.87 bits per heavy atom. The standard InChI is InChI=1S/C25H20ClF6N3O3/c1-11-20(28)24(37)35-22(34-11)19-16(25(30,31)32)4-3-13(21(19)29)9-33-23(36)14-7-15(8-14)38-10-12-2-5-18(27)17(26)6-12/h2-6,14-15H,7-10H2,1H3,(H,33,36)(H,34,35,37)/t14-,15-. The van der Waals surface area contributed by atoms with Crippen LogP contribution >= 0.6 is 11.6 Å². The number of carbonyl (C=O) groups is 1. The van der Waals surface area contributed by atoms with Crippen LogP contribution in [0.3, 0.4) is 0 Å². The summed E-state index contributed by atoms with van der Waals surface area (Å²) in [7, 11) is 0. The summed E-state index contributed by atoms with van der Waals surface area (Å²) in [5.74, 6) is -4.89. The Hall–Kier alpha value is -3.38. The second-order valence-electron chi connectivity index (χ2n) is 8.84. The van der Waals surface area contributed by atoms with E-state index in [4.69, 9.17) is 16.3 Å². The number of carbonyl (C=O) groups excluding carboxylic acids is 1. The number of aromatic amines is 1. The molecule has 4 rings (SSSR count). The summed E-state index contributed by atoms with van der Waals surface area (Å²) in [4.78, 5) is 29.7. The first kappa shape index (κ1) is 27.6. The fourth-order valence-corrected chi connectivity index (χ4v) is 4.20. The highest BCUT2D eigenvalue weighted by Gasteiger charge is 2.38. The Morgan fingerprint density at radius 3 is 2.50 bits per heavy atom. The Balaban J connectivity index is 1.42. The summed E-state index contributed by atoms with van der Waals surface area (Å²) in [6.07, 6.45) is -4.52. The molecule has 1 aliphatic rings. The average Bonchev–Trinajstić information content (AvgIpc) is 2.81. The first-order chi connectivity index (χ1) is 17.8. The minimum Gasteiger partial charge on any atom is -0.373 e. The van der Waals surface area contributed by atoms with Crippen molar-refractivity contribution in [3.05, 3.63) is 85.5 Å². The Bertz CT molecular complexity index is 1440. The molecule has 2 aromatic carbocycles. The molecule has 13 heteroatoms. The van der Waals surface area contributed by atoms with Gasteiger partial charge in [-0.05, 0) is 43.5 Å². The molecule has 3 aromatic rings. The lowest BCUT2D eigenvalue weighted by molar-refractivity contribution is -0.137. The van der Waals surface area contributed by atoms with Gasteiger partial charge in [-0.15, -0.1) is 0 Å². The molecule has 202 valence electrons. The quantitative estimate of drug-likeness (QED) is 0.377. The summed E-state index contributed by atoms with van der Waals surface area (Å²) in [6.45, 7) is 0.793. The average molecular weight is 560 g/mol. The summed E-state index contributed by atoms with van der Waals surface area (Å²) in [5.41, 5.74) is -3.94. The summed E-state index contributed by atoms with van der Waals surface area (Å²) in [5, 5.41) is 2.46. The van der Waals surface area contributed by atoms with E-state index in [-0.39, 0.29) is 23.3 Å². The van der Waals surface area contributed by atoms with Crippen LogP contribution in [0.5, 0.6) is 0 Å². The van der Waals surface area contributed by atoms with Crippen LogP contribution in [0, 0.1) is 30.3 Å². The van der Waals surface area contributed by atoms with Crippen LogP contribution in [0.1, 0.15) is 35.2 Å². The fraction of sp³-hybridized carbons (Fsp3) is 0.320. The molecule has 1 fully saturated rings. The fourth-order valence-electron chi connectivity index (χ4n) is 4.00. The van der Waals surface area contributed by atoms with Gasteiger partial charge in [0.2, 0.25) is 11.7 Å². The van der Waals surface area contributed by atoms with E-state index >= 15 is 4.39 Å². The molecular weight excluding hydrogens is 540 g/mol. The van der Waals surface area contributed by atoms with E-state index in [1.807, 2.05) is 4.98 Å². The number of aromatic nitrogens is 2. The molecule has 0 unspecified atom stereocenters. The number of H-pyrrole nitrogens is 1. The van der Waals surface area contributed by atoms with Gasteiger partial charge in [0, 0.05) is 18.0 Å². The molecule has 0 bridgehead atoms. The molecule has 1 aromatic heterocycles. The normalized spacial score (nSPS) is 17.3. The molecule has 38 heavy (non-hydrogen) atoms. The first-order valence-electron chi connectivity index (χ1n) is 11.3. The lowest BCUT2D eigenvalue weighted by Crippen LogP contribution is -2.42. The lowest BCUT2D eigenvalue weighted by atomic mass is 9.81. The number of halogens is 7. The van der Waals surface area contributed by atoms with E-state index in [0.717, 1.165) is 13.0 Å². The highest BCUT2D eigenvalue weighted by Crippen LogP contribution is 2.38. The maximum Gasteiger partial charge on any atom is 0.417 e. The summed E-state index contributed by atoms with van der Waals surface area (Å²) in [6, 6.07) is 5.65. The highest BCUT2D eigenvalue weighted by molar-refractivity contribution is 6.30. The van der Waals surface area contributed by atoms with Crippen LogP contribution < -0.4 is 10.9 Å². The topological polar surface area (TPSA) is 84.1 Å². The molecule has 1 amide bonds. The van der Waals surface area contributed by atoms with E-state index in [1.54, 1.807) is 0 Å². The lowest BCUT2D eigenvalue weighted by Gasteiger charge is -2.34. The minimum absolute atomic E-state index is 0.0349. The van der Waals surface area contributed by atoms with Gasteiger partial charge in [-0.25, -0.2) is 13.8 Å². The van der Waals surface area contributed by atoms with Crippen molar-refractivity contribution >= 4 is 17.5 Å². The number of nitrogens with zero attached hydrogens (tertiary/aromatic N) is 1. The number of amides is 1. The zero-order valence-corrected chi connectivity index (χ0v) is 20.4. The van der Waals surface area contributed by atoms with E-state index in [2.05, 4.69) is 10.3 Å². The zero-order chi connectivity index (χ0) is 27.8. The predicted octanol–water partition coefficient (Wildman–Crippen LogP) is 5.45. The maximum absolute atomic E-state index is 15.3. The molecule has 0 aliphatic heterocycles. The van der Waals surface area contributed by atoms with Gasteiger partial charge in [0.15, 0.2) is 0 Å². The van der Waals surface area contributed by atoms with E-state index < -0.39 is 70.2 Å². The molecule has 2 N–H and O–H groups in total. The van der Waals surface area contributed by atoms with Gasteiger partial charge >= 0.3 is 6.18 Å². The van der Waals surface area contributed by atoms with Crippen LogP contribution in [0.15, 0.2) is 35.1 Å². The van der Waals surface area contributed by atoms with Gasteiger partial charge in [0.05, 0.1) is 34.6 Å². The van der Waals surface area contributed by atoms with Crippen molar-refractivity contribution in [2.24, 2.45) is 5.92 Å². The van der Waals surface area contributed by atoms with Crippen LogP contribution in [0.2, 0.25) is 5.02 Å². The van der Waals surface area contributed by atoms with Crippen LogP contribution in [0.4, 0.5) is 26.3 Å². The SMILES string of the molecule is Cc1nc(-c2c(C(F)(F)F)ccc(CNC(=O)[C@H]3C[C@H](OCc4ccc(F)c(Cl)c4)C3)c2F)[nH]c(=O)c1F. The smallest absolute Gasteiger partial charge is 0.373 e. The van der Waals surface area contributed by atoms with Crippen molar-refractivity contribution in [3.8, 4) is 11.4 Å². The number of hydrogen-bond donors (Lipinski definition) is 2. The first-order valence-corrected chi connectivity index (χ1v) is 11.7. The molecular formula is C25H20ClF6N3O3. The number of rotatable bonds is 7. The summed E-state index contributed by atoms with van der Waals surface area (Å²) >= 11 is 5.73. The van der Waals surface area contributed by atoms with E-state index in [9.17, 15) is 31.5 Å². The zero-order valence-electron chi connectivity index (χ0n) is 19.7. The monoisotopic (exact) mass is 559 g/mol. The Morgan fingerprint density at radius 1 is 1.16 bits per heavy atom. The summed E-state index contributed by atoms with van der Waals surface area (Å²) < 4.78 is 88.6. The molecule has 1 aliphatic carbocycles. The van der Waals surface area contributed by atoms with Crippen molar-refractivity contribution in [2.75, 3.05) is 0 Å². The Kier molecular flexibility index (Phi) is 7.84. The van der Waals surface area contributed by atoms with Crippen molar-refractivity contribution in [1.29, 1.82) is 0 Å². The third-order valence-corrected chi connectivity index (χ3v) is 6.47. The number of ether oxygens (including phenoxy) is 1. The number of nitrogens with one attached hydrogen (secondary N) is 2. The molecule has 0 radical (unpaired) electrons. The second kappa shape index (κ2) is 10.8. The number of aryl methyl sites for hydroxylation is 1. The van der Waals surface area contributed by atoms with Crippen molar-refractivity contribution < 1.29 is 35.9 Å². The minimum atomic E-state index is -5.00. The molecule has 1 heterocycles. The third kappa shape index (κ3) is 5.86. The second-order valence-corrected chi connectivity index (χ2v) is 9.25. The third-order valence-electron chi connectivity index (χ3n) is 6.18. The van der Waals surface area contributed by atoms with Gasteiger partial charge < -0.3 is 15.0 Å². The molecule has 0 saturated heterocycles. The molecule has 6 nitrogen and oxygen atoms in total. The highest BCUT2D eigenvalue weighted by atomic mass is 35.5. The van der Waals surface area contributed by atoms with Gasteiger partial charge in [0.1, 0.15) is 17.5 Å². The van der Waals surface area contributed by atoms with E-state index in [1.165, 1.54) is 18.2 Å². The van der Waals surface area contributed by atoms with Crippen LogP contribution in [0.25, 0.3) is 11.4 Å². The van der Waals surface area contributed by atoms with Crippen molar-refractivity contribution in [3.63, 3.8) is 0 Å². The molecule has 0 spiro atoms. The van der Waals surface area contributed by atoms with Gasteiger partial charge in [0.25, 0.3) is 5.56 Å². The van der Waals surface area contributed by atoms with Gasteiger partial charge in [-0.2, -0.15) is 17.6 Å². The molecule has 0 atom stereocenters.